The van der Waals surface area contributed by atoms with E-state index in [-0.39, 0.29) is 5.69 Å². The molecule has 0 aliphatic rings. The number of carboxylic acids is 1. The van der Waals surface area contributed by atoms with E-state index < -0.39 is 5.97 Å². The van der Waals surface area contributed by atoms with Gasteiger partial charge in [0, 0.05) is 11.9 Å². The molecule has 0 spiro atoms. The smallest absolute Gasteiger partial charge is 0.356 e. The highest BCUT2D eigenvalue weighted by atomic mass is 35.5. The number of hydrogen-bond acceptors (Lipinski definition) is 3. The SMILES string of the molecule is Cc1cc(C(=O)O)nn1-c1cncc(Cl)c1. The summed E-state index contributed by atoms with van der Waals surface area (Å²) in [6.45, 7) is 1.76. The summed E-state index contributed by atoms with van der Waals surface area (Å²) in [6.07, 6.45) is 3.07. The van der Waals surface area contributed by atoms with Crippen LogP contribution >= 0.6 is 11.6 Å². The quantitative estimate of drug-likeness (QED) is 0.867. The molecule has 82 valence electrons. The lowest BCUT2D eigenvalue weighted by Gasteiger charge is -2.03. The number of aryl methyl sites for hydroxylation is 1. The standard InChI is InChI=1S/C10H8ClN3O2/c1-6-2-9(10(15)16)13-14(6)8-3-7(11)4-12-5-8/h2-5H,1H3,(H,15,16). The van der Waals surface area contributed by atoms with Gasteiger partial charge in [-0.05, 0) is 19.1 Å². The van der Waals surface area contributed by atoms with E-state index in [9.17, 15) is 4.79 Å². The maximum Gasteiger partial charge on any atom is 0.356 e. The molecule has 2 heterocycles. The average Bonchev–Trinajstić information content (AvgIpc) is 2.60. The molecule has 2 aromatic heterocycles. The molecule has 0 bridgehead atoms. The Hall–Kier alpha value is -1.88. The topological polar surface area (TPSA) is 68.0 Å². The summed E-state index contributed by atoms with van der Waals surface area (Å²) in [6, 6.07) is 3.16. The van der Waals surface area contributed by atoms with Gasteiger partial charge >= 0.3 is 5.97 Å². The average molecular weight is 238 g/mol. The minimum absolute atomic E-state index is 0.00234. The molecular weight excluding hydrogens is 230 g/mol. The van der Waals surface area contributed by atoms with E-state index >= 15 is 0 Å². The Morgan fingerprint density at radius 2 is 2.19 bits per heavy atom. The predicted octanol–water partition coefficient (Wildman–Crippen LogP) is 1.93. The van der Waals surface area contributed by atoms with Crippen LogP contribution in [0.3, 0.4) is 0 Å². The van der Waals surface area contributed by atoms with Crippen molar-refractivity contribution in [1.82, 2.24) is 14.8 Å². The first kappa shape index (κ1) is 10.6. The Kier molecular flexibility index (Phi) is 2.62. The number of aromatic carboxylic acids is 1. The minimum atomic E-state index is -1.06. The van der Waals surface area contributed by atoms with Gasteiger partial charge in [0.1, 0.15) is 0 Å². The van der Waals surface area contributed by atoms with E-state index in [4.69, 9.17) is 16.7 Å². The molecule has 0 radical (unpaired) electrons. The van der Waals surface area contributed by atoms with E-state index in [0.29, 0.717) is 16.4 Å². The van der Waals surface area contributed by atoms with Crippen LogP contribution in [-0.2, 0) is 0 Å². The molecule has 0 atom stereocenters. The lowest BCUT2D eigenvalue weighted by molar-refractivity contribution is 0.0690. The third kappa shape index (κ3) is 1.90. The van der Waals surface area contributed by atoms with Gasteiger partial charge in [-0.3, -0.25) is 4.98 Å². The van der Waals surface area contributed by atoms with Crippen molar-refractivity contribution in [2.24, 2.45) is 0 Å². The number of carbonyl (C=O) groups is 1. The van der Waals surface area contributed by atoms with Gasteiger partial charge in [-0.25, -0.2) is 9.48 Å². The molecule has 1 N–H and O–H groups in total. The van der Waals surface area contributed by atoms with E-state index in [1.165, 1.54) is 16.9 Å². The summed E-state index contributed by atoms with van der Waals surface area (Å²) < 4.78 is 1.49. The first-order valence-corrected chi connectivity index (χ1v) is 4.86. The van der Waals surface area contributed by atoms with Crippen LogP contribution in [0, 0.1) is 6.92 Å². The van der Waals surface area contributed by atoms with Crippen molar-refractivity contribution in [2.75, 3.05) is 0 Å². The Balaban J connectivity index is 2.52. The van der Waals surface area contributed by atoms with Crippen molar-refractivity contribution in [3.63, 3.8) is 0 Å². The molecule has 16 heavy (non-hydrogen) atoms. The molecule has 0 saturated carbocycles. The summed E-state index contributed by atoms with van der Waals surface area (Å²) in [7, 11) is 0. The normalized spacial score (nSPS) is 10.4. The number of rotatable bonds is 2. The molecular formula is C10H8ClN3O2. The lowest BCUT2D eigenvalue weighted by Crippen LogP contribution is -2.02. The highest BCUT2D eigenvalue weighted by Crippen LogP contribution is 2.15. The van der Waals surface area contributed by atoms with E-state index in [0.717, 1.165) is 0 Å². The van der Waals surface area contributed by atoms with Gasteiger partial charge in [-0.15, -0.1) is 0 Å². The minimum Gasteiger partial charge on any atom is -0.476 e. The molecule has 5 nitrogen and oxygen atoms in total. The second kappa shape index (κ2) is 3.94. The summed E-state index contributed by atoms with van der Waals surface area (Å²) >= 11 is 5.80. The Labute approximate surface area is 96.3 Å². The zero-order chi connectivity index (χ0) is 11.7. The van der Waals surface area contributed by atoms with Crippen LogP contribution in [0.5, 0.6) is 0 Å². The summed E-state index contributed by atoms with van der Waals surface area (Å²) in [5, 5.41) is 13.2. The number of nitrogens with zero attached hydrogens (tertiary/aromatic N) is 3. The molecule has 0 amide bonds. The van der Waals surface area contributed by atoms with Crippen LogP contribution in [0.1, 0.15) is 16.2 Å². The second-order valence-corrected chi connectivity index (χ2v) is 3.69. The van der Waals surface area contributed by atoms with E-state index in [2.05, 4.69) is 10.1 Å². The fourth-order valence-corrected chi connectivity index (χ4v) is 1.52. The second-order valence-electron chi connectivity index (χ2n) is 3.25. The Morgan fingerprint density at radius 3 is 2.75 bits per heavy atom. The van der Waals surface area contributed by atoms with Crippen molar-refractivity contribution in [2.45, 2.75) is 6.92 Å². The first-order valence-electron chi connectivity index (χ1n) is 4.49. The van der Waals surface area contributed by atoms with Gasteiger partial charge in [0.15, 0.2) is 5.69 Å². The van der Waals surface area contributed by atoms with Crippen LogP contribution in [0.4, 0.5) is 0 Å². The highest BCUT2D eigenvalue weighted by molar-refractivity contribution is 6.30. The van der Waals surface area contributed by atoms with Gasteiger partial charge in [-0.1, -0.05) is 11.6 Å². The van der Waals surface area contributed by atoms with Crippen molar-refractivity contribution in [1.29, 1.82) is 0 Å². The lowest BCUT2D eigenvalue weighted by atomic mass is 10.3. The Morgan fingerprint density at radius 1 is 1.44 bits per heavy atom. The van der Waals surface area contributed by atoms with Crippen molar-refractivity contribution >= 4 is 17.6 Å². The maximum absolute atomic E-state index is 10.7. The molecule has 2 rings (SSSR count). The van der Waals surface area contributed by atoms with Crippen LogP contribution < -0.4 is 0 Å². The van der Waals surface area contributed by atoms with E-state index in [1.54, 1.807) is 19.2 Å². The Bertz CT molecular complexity index is 551. The zero-order valence-corrected chi connectivity index (χ0v) is 9.14. The van der Waals surface area contributed by atoms with Crippen LogP contribution in [0.15, 0.2) is 24.5 Å². The van der Waals surface area contributed by atoms with Crippen molar-refractivity contribution in [3.05, 3.63) is 40.9 Å². The predicted molar refractivity (Wildman–Crippen MR) is 58.1 cm³/mol. The van der Waals surface area contributed by atoms with Crippen LogP contribution in [-0.4, -0.2) is 25.8 Å². The van der Waals surface area contributed by atoms with Crippen LogP contribution in [0.25, 0.3) is 5.69 Å². The van der Waals surface area contributed by atoms with E-state index in [1.807, 2.05) is 0 Å². The zero-order valence-electron chi connectivity index (χ0n) is 8.38. The van der Waals surface area contributed by atoms with Crippen molar-refractivity contribution in [3.8, 4) is 5.69 Å². The summed E-state index contributed by atoms with van der Waals surface area (Å²) in [5.74, 6) is -1.06. The molecule has 0 unspecified atom stereocenters. The number of halogens is 1. The number of aromatic nitrogens is 3. The third-order valence-corrected chi connectivity index (χ3v) is 2.25. The number of pyridine rings is 1. The molecule has 0 fully saturated rings. The number of carboxylic acid groups (broad SMARTS) is 1. The van der Waals surface area contributed by atoms with Gasteiger partial charge in [-0.2, -0.15) is 5.10 Å². The summed E-state index contributed by atoms with van der Waals surface area (Å²) in [5.41, 5.74) is 1.34. The fourth-order valence-electron chi connectivity index (χ4n) is 1.36. The monoisotopic (exact) mass is 237 g/mol. The molecule has 0 aromatic carbocycles. The maximum atomic E-state index is 10.7. The fraction of sp³-hybridized carbons (Fsp3) is 0.100. The van der Waals surface area contributed by atoms with Crippen molar-refractivity contribution < 1.29 is 9.90 Å². The summed E-state index contributed by atoms with van der Waals surface area (Å²) in [4.78, 5) is 14.7. The molecule has 0 saturated heterocycles. The van der Waals surface area contributed by atoms with Gasteiger partial charge in [0.2, 0.25) is 0 Å². The van der Waals surface area contributed by atoms with Crippen LogP contribution in [0.2, 0.25) is 5.02 Å². The third-order valence-electron chi connectivity index (χ3n) is 2.04. The molecule has 0 aliphatic carbocycles. The van der Waals surface area contributed by atoms with Gasteiger partial charge in [0.25, 0.3) is 0 Å². The van der Waals surface area contributed by atoms with Gasteiger partial charge < -0.3 is 5.11 Å². The van der Waals surface area contributed by atoms with Gasteiger partial charge in [0.05, 0.1) is 16.9 Å². The largest absolute Gasteiger partial charge is 0.476 e. The first-order chi connectivity index (χ1) is 7.58. The number of hydrogen-bond donors (Lipinski definition) is 1. The molecule has 6 heteroatoms. The molecule has 2 aromatic rings. The molecule has 0 aliphatic heterocycles. The highest BCUT2D eigenvalue weighted by Gasteiger charge is 2.11.